The van der Waals surface area contributed by atoms with Crippen LogP contribution in [-0.2, 0) is 11.2 Å². The van der Waals surface area contributed by atoms with E-state index in [0.29, 0.717) is 36.7 Å². The van der Waals surface area contributed by atoms with E-state index in [9.17, 15) is 0 Å². The molecule has 1 saturated heterocycles. The van der Waals surface area contributed by atoms with Gasteiger partial charge in [0.05, 0.1) is 36.1 Å². The van der Waals surface area contributed by atoms with E-state index in [1.807, 2.05) is 6.08 Å². The fraction of sp³-hybridized carbons (Fsp3) is 0.417. The highest BCUT2D eigenvalue weighted by Gasteiger charge is 2.26. The van der Waals surface area contributed by atoms with Gasteiger partial charge in [-0.15, -0.1) is 0 Å². The molecular weight excluding hydrogens is 254 g/mol. The molecule has 0 spiro atoms. The van der Waals surface area contributed by atoms with Crippen LogP contribution in [0, 0.1) is 11.3 Å². The van der Waals surface area contributed by atoms with Crippen molar-refractivity contribution in [2.45, 2.75) is 18.9 Å². The number of rotatable bonds is 2. The minimum atomic E-state index is -0.0272. The normalized spacial score (nSPS) is 21.3. The quantitative estimate of drug-likeness (QED) is 0.761. The molecule has 1 atom stereocenters. The summed E-state index contributed by atoms with van der Waals surface area (Å²) in [6, 6.07) is 2.13. The summed E-state index contributed by atoms with van der Waals surface area (Å²) in [5, 5.41) is 9.23. The van der Waals surface area contributed by atoms with Crippen molar-refractivity contribution >= 4 is 17.2 Å². The molecule has 1 unspecified atom stereocenters. The maximum Gasteiger partial charge on any atom is 0.227 e. The van der Waals surface area contributed by atoms with E-state index in [2.05, 4.69) is 16.0 Å². The van der Waals surface area contributed by atoms with Crippen LogP contribution in [0.4, 0.5) is 0 Å². The Morgan fingerprint density at radius 3 is 3.11 bits per heavy atom. The zero-order valence-electron chi connectivity index (χ0n) is 9.52. The van der Waals surface area contributed by atoms with Crippen LogP contribution < -0.4 is 4.74 Å². The van der Waals surface area contributed by atoms with Gasteiger partial charge in [0.25, 0.3) is 0 Å². The van der Waals surface area contributed by atoms with Gasteiger partial charge in [-0.1, -0.05) is 6.08 Å². The standard InChI is InChI=1S/C12H10ClN3O2/c13-12-15-9-2-1-7(5-14)10(9)11(16-12)18-8-3-4-17-6-8/h1,8H,2-4,6H2. The van der Waals surface area contributed by atoms with Crippen LogP contribution in [0.25, 0.3) is 5.57 Å². The first-order chi connectivity index (χ1) is 8.78. The maximum atomic E-state index is 9.08. The van der Waals surface area contributed by atoms with Gasteiger partial charge in [0.15, 0.2) is 0 Å². The number of hydrogen-bond donors (Lipinski definition) is 0. The molecule has 0 saturated carbocycles. The molecule has 2 aliphatic rings. The summed E-state index contributed by atoms with van der Waals surface area (Å²) in [6.07, 6.45) is 3.20. The molecule has 5 nitrogen and oxygen atoms in total. The van der Waals surface area contributed by atoms with Gasteiger partial charge >= 0.3 is 0 Å². The summed E-state index contributed by atoms with van der Waals surface area (Å²) < 4.78 is 11.0. The first-order valence-corrected chi connectivity index (χ1v) is 6.07. The summed E-state index contributed by atoms with van der Waals surface area (Å²) in [7, 11) is 0. The number of aromatic nitrogens is 2. The van der Waals surface area contributed by atoms with Crippen LogP contribution >= 0.6 is 11.6 Å². The van der Waals surface area contributed by atoms with Crippen molar-refractivity contribution in [3.05, 3.63) is 22.6 Å². The lowest BCUT2D eigenvalue weighted by atomic mass is 10.1. The molecule has 0 radical (unpaired) electrons. The van der Waals surface area contributed by atoms with E-state index in [1.165, 1.54) is 0 Å². The van der Waals surface area contributed by atoms with Crippen molar-refractivity contribution in [3.63, 3.8) is 0 Å². The van der Waals surface area contributed by atoms with Crippen molar-refractivity contribution < 1.29 is 9.47 Å². The molecule has 1 aromatic heterocycles. The Labute approximate surface area is 109 Å². The average Bonchev–Trinajstić information content (AvgIpc) is 2.97. The molecule has 0 amide bonds. The minimum absolute atomic E-state index is 0.0272. The van der Waals surface area contributed by atoms with Crippen LogP contribution in [0.15, 0.2) is 6.08 Å². The van der Waals surface area contributed by atoms with E-state index >= 15 is 0 Å². The molecule has 18 heavy (non-hydrogen) atoms. The van der Waals surface area contributed by atoms with Crippen LogP contribution in [-0.4, -0.2) is 29.3 Å². The Hall–Kier alpha value is -1.64. The van der Waals surface area contributed by atoms with Gasteiger partial charge in [0, 0.05) is 12.8 Å². The molecule has 0 aromatic carbocycles. The van der Waals surface area contributed by atoms with Crippen LogP contribution in [0.2, 0.25) is 5.28 Å². The predicted molar refractivity (Wildman–Crippen MR) is 64.2 cm³/mol. The molecule has 1 aliphatic heterocycles. The van der Waals surface area contributed by atoms with E-state index in [4.69, 9.17) is 26.3 Å². The molecule has 92 valence electrons. The smallest absolute Gasteiger partial charge is 0.227 e. The van der Waals surface area contributed by atoms with Crippen LogP contribution in [0.5, 0.6) is 5.88 Å². The lowest BCUT2D eigenvalue weighted by molar-refractivity contribution is 0.137. The largest absolute Gasteiger partial charge is 0.471 e. The molecule has 3 rings (SSSR count). The monoisotopic (exact) mass is 263 g/mol. The van der Waals surface area contributed by atoms with E-state index in [1.54, 1.807) is 0 Å². The highest BCUT2D eigenvalue weighted by molar-refractivity contribution is 6.28. The molecule has 6 heteroatoms. The second-order valence-electron chi connectivity index (χ2n) is 4.16. The fourth-order valence-corrected chi connectivity index (χ4v) is 2.30. The Balaban J connectivity index is 1.98. The SMILES string of the molecule is N#CC1=CCc2nc(Cl)nc(OC3CCOC3)c21. The summed E-state index contributed by atoms with van der Waals surface area (Å²) in [5.74, 6) is 0.394. The fourth-order valence-electron chi connectivity index (χ4n) is 2.13. The zero-order valence-corrected chi connectivity index (χ0v) is 10.3. The number of nitrogens with zero attached hydrogens (tertiary/aromatic N) is 3. The Bertz CT molecular complexity index is 559. The molecule has 2 heterocycles. The van der Waals surface area contributed by atoms with Gasteiger partial charge in [0.2, 0.25) is 11.2 Å². The predicted octanol–water partition coefficient (Wildman–Crippen LogP) is 1.76. The Kier molecular flexibility index (Phi) is 2.90. The van der Waals surface area contributed by atoms with Crippen molar-refractivity contribution in [2.75, 3.05) is 13.2 Å². The maximum absolute atomic E-state index is 9.08. The number of hydrogen-bond acceptors (Lipinski definition) is 5. The minimum Gasteiger partial charge on any atom is -0.471 e. The Morgan fingerprint density at radius 2 is 2.39 bits per heavy atom. The van der Waals surface area contributed by atoms with Crippen LogP contribution in [0.3, 0.4) is 0 Å². The van der Waals surface area contributed by atoms with Gasteiger partial charge < -0.3 is 9.47 Å². The number of nitriles is 1. The summed E-state index contributed by atoms with van der Waals surface area (Å²) in [6.45, 7) is 1.23. The Morgan fingerprint density at radius 1 is 1.50 bits per heavy atom. The first kappa shape index (κ1) is 11.5. The van der Waals surface area contributed by atoms with E-state index < -0.39 is 0 Å². The van der Waals surface area contributed by atoms with E-state index in [-0.39, 0.29) is 11.4 Å². The summed E-state index contributed by atoms with van der Waals surface area (Å²) in [5.41, 5.74) is 1.98. The van der Waals surface area contributed by atoms with Crippen molar-refractivity contribution in [1.29, 1.82) is 5.26 Å². The summed E-state index contributed by atoms with van der Waals surface area (Å²) >= 11 is 5.87. The lowest BCUT2D eigenvalue weighted by Crippen LogP contribution is -2.18. The topological polar surface area (TPSA) is 68.0 Å². The van der Waals surface area contributed by atoms with Crippen LogP contribution in [0.1, 0.15) is 17.7 Å². The number of allylic oxidation sites excluding steroid dienone is 2. The molecule has 1 fully saturated rings. The van der Waals surface area contributed by atoms with Gasteiger partial charge in [-0.3, -0.25) is 0 Å². The molecule has 1 aromatic rings. The van der Waals surface area contributed by atoms with E-state index in [0.717, 1.165) is 12.1 Å². The van der Waals surface area contributed by atoms with Gasteiger partial charge in [-0.25, -0.2) is 4.98 Å². The molecular formula is C12H10ClN3O2. The second kappa shape index (κ2) is 4.56. The van der Waals surface area contributed by atoms with Crippen molar-refractivity contribution in [3.8, 4) is 11.9 Å². The average molecular weight is 264 g/mol. The summed E-state index contributed by atoms with van der Waals surface area (Å²) in [4.78, 5) is 8.22. The first-order valence-electron chi connectivity index (χ1n) is 5.69. The third-order valence-corrected chi connectivity index (χ3v) is 3.15. The van der Waals surface area contributed by atoms with Gasteiger partial charge in [0.1, 0.15) is 6.10 Å². The molecule has 1 aliphatic carbocycles. The molecule has 0 bridgehead atoms. The van der Waals surface area contributed by atoms with Gasteiger partial charge in [-0.2, -0.15) is 10.2 Å². The van der Waals surface area contributed by atoms with Gasteiger partial charge in [-0.05, 0) is 11.6 Å². The third-order valence-electron chi connectivity index (χ3n) is 2.98. The molecule has 0 N–H and O–H groups in total. The number of fused-ring (bicyclic) bond motifs is 1. The number of ether oxygens (including phenoxy) is 2. The lowest BCUT2D eigenvalue weighted by Gasteiger charge is -2.14. The zero-order chi connectivity index (χ0) is 12.5. The second-order valence-corrected chi connectivity index (χ2v) is 4.49. The van der Waals surface area contributed by atoms with Crippen molar-refractivity contribution in [2.24, 2.45) is 0 Å². The van der Waals surface area contributed by atoms with Crippen molar-refractivity contribution in [1.82, 2.24) is 9.97 Å². The highest BCUT2D eigenvalue weighted by atomic mass is 35.5. The third kappa shape index (κ3) is 1.94. The number of halogens is 1. The highest BCUT2D eigenvalue weighted by Crippen LogP contribution is 2.34.